The number of nitriles is 1. The predicted octanol–water partition coefficient (Wildman–Crippen LogP) is 6.00. The van der Waals surface area contributed by atoms with Gasteiger partial charge < -0.3 is 28.3 Å². The van der Waals surface area contributed by atoms with Crippen LogP contribution in [-0.4, -0.2) is 65.4 Å². The fourth-order valence-corrected chi connectivity index (χ4v) is 4.78. The number of likely N-dealkylation sites (tertiary alicyclic amines) is 1. The second-order valence-corrected chi connectivity index (χ2v) is 11.0. The Morgan fingerprint density at radius 3 is 2.67 bits per heavy atom. The van der Waals surface area contributed by atoms with Crippen LogP contribution >= 0.6 is 0 Å². The van der Waals surface area contributed by atoms with Crippen molar-refractivity contribution in [2.24, 2.45) is 0 Å². The van der Waals surface area contributed by atoms with Crippen molar-refractivity contribution in [3.63, 3.8) is 0 Å². The third-order valence-electron chi connectivity index (χ3n) is 6.73. The van der Waals surface area contributed by atoms with Gasteiger partial charge in [-0.05, 0) is 57.5 Å². The van der Waals surface area contributed by atoms with E-state index in [1.165, 1.54) is 13.3 Å². The van der Waals surface area contributed by atoms with E-state index < -0.39 is 11.6 Å². The number of carbonyl (C=O) groups excluding carboxylic acids is 2. The number of fused-ring (bicyclic) bond motifs is 1. The number of hydrogen-bond donors (Lipinski definition) is 0. The van der Waals surface area contributed by atoms with Gasteiger partial charge in [0, 0.05) is 37.0 Å². The van der Waals surface area contributed by atoms with Crippen LogP contribution < -0.4 is 9.47 Å². The minimum Gasteiger partial charge on any atom is -0.494 e. The summed E-state index contributed by atoms with van der Waals surface area (Å²) in [5.41, 5.74) is 2.97. The number of methoxy groups -OCH3 is 1. The zero-order chi connectivity index (χ0) is 30.7. The van der Waals surface area contributed by atoms with Gasteiger partial charge in [-0.1, -0.05) is 6.07 Å². The molecule has 0 bridgehead atoms. The Morgan fingerprint density at radius 1 is 1.14 bits per heavy atom. The molecule has 1 saturated heterocycles. The molecule has 11 heteroatoms. The van der Waals surface area contributed by atoms with Crippen LogP contribution in [0.15, 0.2) is 53.2 Å². The summed E-state index contributed by atoms with van der Waals surface area (Å²) in [5, 5.41) is 9.94. The van der Waals surface area contributed by atoms with Crippen LogP contribution in [-0.2, 0) is 9.47 Å². The summed E-state index contributed by atoms with van der Waals surface area (Å²) in [4.78, 5) is 35.1. The van der Waals surface area contributed by atoms with Gasteiger partial charge in [0.1, 0.15) is 40.5 Å². The maximum Gasteiger partial charge on any atom is 0.410 e. The van der Waals surface area contributed by atoms with Gasteiger partial charge in [0.25, 0.3) is 0 Å². The average Bonchev–Trinajstić information content (AvgIpc) is 3.64. The van der Waals surface area contributed by atoms with E-state index in [2.05, 4.69) is 16.0 Å². The highest BCUT2D eigenvalue weighted by Gasteiger charge is 2.31. The zero-order valence-corrected chi connectivity index (χ0v) is 24.7. The van der Waals surface area contributed by atoms with Crippen LogP contribution in [0.25, 0.3) is 33.7 Å². The summed E-state index contributed by atoms with van der Waals surface area (Å²) in [6, 6.07) is 12.7. The van der Waals surface area contributed by atoms with E-state index in [4.69, 9.17) is 23.4 Å². The summed E-state index contributed by atoms with van der Waals surface area (Å²) in [5.74, 6) is 0.681. The van der Waals surface area contributed by atoms with Crippen molar-refractivity contribution in [3.8, 4) is 40.1 Å². The monoisotopic (exact) mass is 584 g/mol. The lowest BCUT2D eigenvalue weighted by atomic mass is 10.0. The van der Waals surface area contributed by atoms with E-state index in [1.54, 1.807) is 48.4 Å². The maximum atomic E-state index is 12.4. The summed E-state index contributed by atoms with van der Waals surface area (Å²) in [6.45, 7) is 8.35. The fourth-order valence-electron chi connectivity index (χ4n) is 4.78. The smallest absolute Gasteiger partial charge is 0.410 e. The van der Waals surface area contributed by atoms with Crippen LogP contribution in [0.4, 0.5) is 4.79 Å². The first-order chi connectivity index (χ1) is 20.6. The Labute approximate surface area is 248 Å². The van der Waals surface area contributed by atoms with E-state index in [9.17, 15) is 14.9 Å². The minimum absolute atomic E-state index is 0.245. The molecule has 0 saturated carbocycles. The highest BCUT2D eigenvalue weighted by Crippen LogP contribution is 2.37. The van der Waals surface area contributed by atoms with Gasteiger partial charge >= 0.3 is 12.1 Å². The van der Waals surface area contributed by atoms with Gasteiger partial charge in [0.05, 0.1) is 31.4 Å². The molecule has 43 heavy (non-hydrogen) atoms. The first kappa shape index (κ1) is 29.4. The van der Waals surface area contributed by atoms with Gasteiger partial charge in [-0.3, -0.25) is 4.98 Å². The number of ether oxygens (including phenoxy) is 4. The van der Waals surface area contributed by atoms with Crippen LogP contribution in [0, 0.1) is 11.3 Å². The number of esters is 1. The third-order valence-corrected chi connectivity index (χ3v) is 6.73. The summed E-state index contributed by atoms with van der Waals surface area (Å²) >= 11 is 0. The summed E-state index contributed by atoms with van der Waals surface area (Å²) in [6.07, 6.45) is 3.06. The van der Waals surface area contributed by atoms with E-state index in [-0.39, 0.29) is 24.4 Å². The normalized spacial score (nSPS) is 14.8. The van der Waals surface area contributed by atoms with Crippen molar-refractivity contribution in [1.29, 1.82) is 5.26 Å². The predicted molar refractivity (Wildman–Crippen MR) is 157 cm³/mol. The van der Waals surface area contributed by atoms with Crippen molar-refractivity contribution >= 4 is 23.2 Å². The number of amides is 1. The van der Waals surface area contributed by atoms with Gasteiger partial charge in [0.15, 0.2) is 11.3 Å². The number of nitrogens with zero attached hydrogens (tertiary/aromatic N) is 4. The molecule has 4 heterocycles. The highest BCUT2D eigenvalue weighted by molar-refractivity contribution is 5.94. The topological polar surface area (TPSA) is 137 Å². The van der Waals surface area contributed by atoms with Gasteiger partial charge in [-0.25, -0.2) is 14.6 Å². The number of pyridine rings is 2. The largest absolute Gasteiger partial charge is 0.494 e. The van der Waals surface area contributed by atoms with Crippen LogP contribution in [0.1, 0.15) is 50.0 Å². The van der Waals surface area contributed by atoms with Crippen molar-refractivity contribution in [2.75, 3.05) is 26.8 Å². The molecule has 1 aromatic carbocycles. The number of carbonyl (C=O) groups is 2. The molecule has 1 amide bonds. The number of hydrogen-bond acceptors (Lipinski definition) is 10. The molecule has 11 nitrogen and oxygen atoms in total. The lowest BCUT2D eigenvalue weighted by Gasteiger charge is -2.24. The number of benzene rings is 1. The Bertz CT molecular complexity index is 1720. The standard InChI is InChI=1S/C32H32N4O7/c1-6-40-30(37)21-14-26(39-5)28(35-17-21)27-15-24-29(42-27)23(9-11-34-24)19-7-8-25(20(13-19)16-33)41-22-10-12-36(18-22)31(38)43-32(2,3)4/h7-9,11,13-15,17,22H,6,10,12,18H2,1-5H3. The second kappa shape index (κ2) is 12.0. The fraction of sp³-hybridized carbons (Fsp3) is 0.344. The molecule has 1 fully saturated rings. The number of aromatic nitrogens is 2. The lowest BCUT2D eigenvalue weighted by molar-refractivity contribution is 0.0275. The van der Waals surface area contributed by atoms with E-state index in [1.807, 2.05) is 26.8 Å². The van der Waals surface area contributed by atoms with Crippen molar-refractivity contribution < 1.29 is 33.0 Å². The highest BCUT2D eigenvalue weighted by atomic mass is 16.6. The molecule has 0 spiro atoms. The Hall–Kier alpha value is -5.11. The molecule has 5 rings (SSSR count). The number of rotatable bonds is 7. The molecular weight excluding hydrogens is 552 g/mol. The van der Waals surface area contributed by atoms with Crippen molar-refractivity contribution in [3.05, 3.63) is 59.9 Å². The molecular formula is C32H32N4O7. The molecule has 3 aromatic heterocycles. The zero-order valence-electron chi connectivity index (χ0n) is 24.7. The summed E-state index contributed by atoms with van der Waals surface area (Å²) in [7, 11) is 1.48. The van der Waals surface area contributed by atoms with Crippen LogP contribution in [0.3, 0.4) is 0 Å². The molecule has 0 aliphatic carbocycles. The van der Waals surface area contributed by atoms with E-state index >= 15 is 0 Å². The molecule has 1 aliphatic rings. The Balaban J connectivity index is 1.40. The first-order valence-electron chi connectivity index (χ1n) is 13.9. The molecule has 0 radical (unpaired) electrons. The number of furan rings is 1. The third kappa shape index (κ3) is 6.38. The SMILES string of the molecule is CCOC(=O)c1cnc(-c2cc3nccc(-c4ccc(OC5CCN(C(=O)OC(C)(C)C)C5)c(C#N)c4)c3o2)c(OC)c1. The first-order valence-corrected chi connectivity index (χ1v) is 13.9. The summed E-state index contributed by atoms with van der Waals surface area (Å²) < 4.78 is 28.4. The Morgan fingerprint density at radius 2 is 1.95 bits per heavy atom. The second-order valence-electron chi connectivity index (χ2n) is 11.0. The average molecular weight is 585 g/mol. The van der Waals surface area contributed by atoms with Gasteiger partial charge in [0.2, 0.25) is 0 Å². The van der Waals surface area contributed by atoms with E-state index in [0.29, 0.717) is 59.1 Å². The molecule has 1 unspecified atom stereocenters. The Kier molecular flexibility index (Phi) is 8.21. The van der Waals surface area contributed by atoms with E-state index in [0.717, 1.165) is 11.1 Å². The lowest BCUT2D eigenvalue weighted by Crippen LogP contribution is -2.36. The molecule has 222 valence electrons. The van der Waals surface area contributed by atoms with Crippen molar-refractivity contribution in [1.82, 2.24) is 14.9 Å². The molecule has 1 aliphatic heterocycles. The van der Waals surface area contributed by atoms with Crippen molar-refractivity contribution in [2.45, 2.75) is 45.8 Å². The van der Waals surface area contributed by atoms with Gasteiger partial charge in [-0.15, -0.1) is 0 Å². The minimum atomic E-state index is -0.579. The quantitative estimate of drug-likeness (QED) is 0.238. The molecule has 4 aromatic rings. The van der Waals surface area contributed by atoms with Gasteiger partial charge in [-0.2, -0.15) is 5.26 Å². The van der Waals surface area contributed by atoms with Crippen LogP contribution in [0.2, 0.25) is 0 Å². The molecule has 1 atom stereocenters. The maximum absolute atomic E-state index is 12.4. The van der Waals surface area contributed by atoms with Crippen LogP contribution in [0.5, 0.6) is 11.5 Å². The molecule has 0 N–H and O–H groups in total.